The summed E-state index contributed by atoms with van der Waals surface area (Å²) >= 11 is 1.26. The lowest BCUT2D eigenvalue weighted by molar-refractivity contribution is -0.0231. The number of hydrogen-bond donors (Lipinski definition) is 1. The molecule has 1 saturated carbocycles. The highest BCUT2D eigenvalue weighted by Crippen LogP contribution is 2.48. The molecule has 0 spiro atoms. The number of aliphatic hydroxyl groups excluding tert-OH is 1. The van der Waals surface area contributed by atoms with Gasteiger partial charge in [0, 0.05) is 18.7 Å². The minimum absolute atomic E-state index is 0.179. The van der Waals surface area contributed by atoms with Gasteiger partial charge in [-0.05, 0) is 39.2 Å². The van der Waals surface area contributed by atoms with Crippen molar-refractivity contribution in [2.45, 2.75) is 45.5 Å². The van der Waals surface area contributed by atoms with Crippen LogP contribution in [0.5, 0.6) is 0 Å². The number of thiophene rings is 1. The third kappa shape index (κ3) is 2.56. The van der Waals surface area contributed by atoms with E-state index in [0.29, 0.717) is 40.8 Å². The Balaban J connectivity index is 2.03. The number of carbonyl (C=O) groups excluding carboxylic acids is 2. The summed E-state index contributed by atoms with van der Waals surface area (Å²) in [5.41, 5.74) is 0.952. The van der Waals surface area contributed by atoms with Crippen molar-refractivity contribution in [3.63, 3.8) is 0 Å². The Labute approximate surface area is 139 Å². The Bertz CT molecular complexity index is 638. The maximum Gasteiger partial charge on any atom is 0.261 e. The molecule has 0 saturated heterocycles. The van der Waals surface area contributed by atoms with Gasteiger partial charge in [0.15, 0.2) is 6.29 Å². The molecule has 1 amide bonds. The molecule has 1 aliphatic carbocycles. The van der Waals surface area contributed by atoms with Crippen molar-refractivity contribution in [3.05, 3.63) is 16.0 Å². The minimum Gasteiger partial charge on any atom is -0.380 e. The number of hydrogen-bond acceptors (Lipinski definition) is 6. The molecule has 1 aliphatic heterocycles. The van der Waals surface area contributed by atoms with Gasteiger partial charge in [-0.1, -0.05) is 0 Å². The van der Waals surface area contributed by atoms with Gasteiger partial charge in [-0.15, -0.1) is 11.3 Å². The van der Waals surface area contributed by atoms with E-state index in [9.17, 15) is 14.7 Å². The zero-order valence-electron chi connectivity index (χ0n) is 13.7. The zero-order chi connectivity index (χ0) is 16.8. The van der Waals surface area contributed by atoms with Crippen molar-refractivity contribution in [3.8, 4) is 0 Å². The first-order valence-corrected chi connectivity index (χ1v) is 8.71. The van der Waals surface area contributed by atoms with Gasteiger partial charge in [0.05, 0.1) is 17.0 Å². The first-order valence-electron chi connectivity index (χ1n) is 7.89. The molecule has 1 fully saturated rings. The van der Waals surface area contributed by atoms with E-state index in [-0.39, 0.29) is 11.4 Å². The molecule has 1 N–H and O–H groups in total. The summed E-state index contributed by atoms with van der Waals surface area (Å²) in [5, 5.41) is 11.5. The number of nitrogens with zero attached hydrogens (tertiary/aromatic N) is 2. The molecule has 2 heterocycles. The standard InChI is InChI=1S/C16H22N2O4S/c1-4-22-8-7-17-14-12(10(2)11(9-19)23-14)13(20)18(15(17)21)16(3)5-6-16/h9,15,21H,4-8H2,1-3H3. The fourth-order valence-electron chi connectivity index (χ4n) is 3.02. The third-order valence-corrected chi connectivity index (χ3v) is 5.97. The molecule has 126 valence electrons. The molecule has 0 radical (unpaired) electrons. The molecule has 23 heavy (non-hydrogen) atoms. The van der Waals surface area contributed by atoms with Gasteiger partial charge in [-0.3, -0.25) is 14.5 Å². The fraction of sp³-hybridized carbons (Fsp3) is 0.625. The van der Waals surface area contributed by atoms with Crippen LogP contribution in [0, 0.1) is 6.92 Å². The van der Waals surface area contributed by atoms with Crippen molar-refractivity contribution in [2.75, 3.05) is 24.7 Å². The number of rotatable bonds is 6. The maximum atomic E-state index is 12.9. The van der Waals surface area contributed by atoms with Crippen molar-refractivity contribution in [1.82, 2.24) is 4.90 Å². The molecule has 1 aromatic heterocycles. The van der Waals surface area contributed by atoms with Crippen LogP contribution in [0.1, 0.15) is 52.3 Å². The quantitative estimate of drug-likeness (QED) is 0.634. The molecule has 6 nitrogen and oxygen atoms in total. The lowest BCUT2D eigenvalue weighted by Gasteiger charge is -2.44. The number of ether oxygens (including phenoxy) is 1. The Hall–Kier alpha value is -1.44. The second-order valence-electron chi connectivity index (χ2n) is 6.30. The van der Waals surface area contributed by atoms with Crippen LogP contribution >= 0.6 is 11.3 Å². The highest BCUT2D eigenvalue weighted by atomic mass is 32.1. The van der Waals surface area contributed by atoms with E-state index in [0.717, 1.165) is 19.1 Å². The van der Waals surface area contributed by atoms with E-state index in [1.807, 2.05) is 13.8 Å². The van der Waals surface area contributed by atoms with Crippen LogP contribution in [0.25, 0.3) is 0 Å². The fourth-order valence-corrected chi connectivity index (χ4v) is 4.18. The number of fused-ring (bicyclic) bond motifs is 1. The Morgan fingerprint density at radius 2 is 2.17 bits per heavy atom. The van der Waals surface area contributed by atoms with Crippen LogP contribution < -0.4 is 4.90 Å². The second kappa shape index (κ2) is 5.89. The predicted molar refractivity (Wildman–Crippen MR) is 88.1 cm³/mol. The highest BCUT2D eigenvalue weighted by Gasteiger charge is 2.53. The van der Waals surface area contributed by atoms with Crippen LogP contribution in [0.4, 0.5) is 5.00 Å². The molecule has 1 atom stereocenters. The van der Waals surface area contributed by atoms with Gasteiger partial charge >= 0.3 is 0 Å². The van der Waals surface area contributed by atoms with Gasteiger partial charge in [-0.25, -0.2) is 0 Å². The molecule has 1 aromatic rings. The number of amides is 1. The summed E-state index contributed by atoms with van der Waals surface area (Å²) in [4.78, 5) is 28.1. The smallest absolute Gasteiger partial charge is 0.261 e. The monoisotopic (exact) mass is 338 g/mol. The topological polar surface area (TPSA) is 70.1 Å². The lowest BCUT2D eigenvalue weighted by Crippen LogP contribution is -2.59. The minimum atomic E-state index is -1.01. The molecular formula is C16H22N2O4S. The molecular weight excluding hydrogens is 316 g/mol. The Morgan fingerprint density at radius 3 is 2.74 bits per heavy atom. The van der Waals surface area contributed by atoms with Crippen LogP contribution in [0.15, 0.2) is 0 Å². The van der Waals surface area contributed by atoms with E-state index in [2.05, 4.69) is 0 Å². The number of aliphatic hydroxyl groups is 1. The lowest BCUT2D eigenvalue weighted by atomic mass is 10.1. The van der Waals surface area contributed by atoms with Crippen LogP contribution in [-0.4, -0.2) is 53.8 Å². The SMILES string of the molecule is CCOCCN1c2sc(C=O)c(C)c2C(=O)N(C2(C)CC2)C1O. The third-order valence-electron chi connectivity index (χ3n) is 4.71. The average Bonchev–Trinajstić information content (AvgIpc) is 3.15. The van der Waals surface area contributed by atoms with E-state index in [4.69, 9.17) is 4.74 Å². The maximum absolute atomic E-state index is 12.9. The van der Waals surface area contributed by atoms with Crippen LogP contribution in [-0.2, 0) is 4.74 Å². The normalized spacial score (nSPS) is 22.3. The van der Waals surface area contributed by atoms with Crippen LogP contribution in [0.2, 0.25) is 0 Å². The molecule has 3 rings (SSSR count). The average molecular weight is 338 g/mol. The van der Waals surface area contributed by atoms with E-state index in [1.165, 1.54) is 11.3 Å². The van der Waals surface area contributed by atoms with E-state index < -0.39 is 6.35 Å². The summed E-state index contributed by atoms with van der Waals surface area (Å²) in [5.74, 6) is -0.179. The highest BCUT2D eigenvalue weighted by molar-refractivity contribution is 7.18. The van der Waals surface area contributed by atoms with Crippen molar-refractivity contribution < 1.29 is 19.4 Å². The van der Waals surface area contributed by atoms with Gasteiger partial charge in [0.25, 0.3) is 5.91 Å². The number of anilines is 1. The van der Waals surface area contributed by atoms with Gasteiger partial charge in [0.2, 0.25) is 6.35 Å². The van der Waals surface area contributed by atoms with Crippen molar-refractivity contribution in [1.29, 1.82) is 0 Å². The van der Waals surface area contributed by atoms with Gasteiger partial charge in [0.1, 0.15) is 5.00 Å². The van der Waals surface area contributed by atoms with E-state index in [1.54, 1.807) is 16.7 Å². The molecule has 0 bridgehead atoms. The first-order chi connectivity index (χ1) is 10.9. The van der Waals surface area contributed by atoms with Crippen molar-refractivity contribution in [2.24, 2.45) is 0 Å². The molecule has 7 heteroatoms. The Kier molecular flexibility index (Phi) is 4.20. The summed E-state index contributed by atoms with van der Waals surface area (Å²) in [6.45, 7) is 7.23. The van der Waals surface area contributed by atoms with Gasteiger partial charge in [-0.2, -0.15) is 0 Å². The zero-order valence-corrected chi connectivity index (χ0v) is 14.5. The van der Waals surface area contributed by atoms with E-state index >= 15 is 0 Å². The summed E-state index contributed by atoms with van der Waals surface area (Å²) < 4.78 is 5.41. The van der Waals surface area contributed by atoms with Gasteiger partial charge < -0.3 is 14.7 Å². The summed E-state index contributed by atoms with van der Waals surface area (Å²) in [7, 11) is 0. The largest absolute Gasteiger partial charge is 0.380 e. The van der Waals surface area contributed by atoms with Crippen molar-refractivity contribution >= 4 is 28.5 Å². The first kappa shape index (κ1) is 16.4. The summed E-state index contributed by atoms with van der Waals surface area (Å²) in [6, 6.07) is 0. The van der Waals surface area contributed by atoms with Crippen LogP contribution in [0.3, 0.4) is 0 Å². The molecule has 0 aromatic carbocycles. The summed E-state index contributed by atoms with van der Waals surface area (Å²) in [6.07, 6.45) is 1.53. The molecule has 1 unspecified atom stereocenters. The number of carbonyl (C=O) groups is 2. The predicted octanol–water partition coefficient (Wildman–Crippen LogP) is 2.00. The number of aldehydes is 1. The Morgan fingerprint density at radius 1 is 1.48 bits per heavy atom. The second-order valence-corrected chi connectivity index (χ2v) is 7.33. The molecule has 2 aliphatic rings.